The van der Waals surface area contributed by atoms with Crippen LogP contribution in [0.5, 0.6) is 0 Å². The summed E-state index contributed by atoms with van der Waals surface area (Å²) in [4.78, 5) is 28.6. The van der Waals surface area contributed by atoms with Gasteiger partial charge in [-0.2, -0.15) is 0 Å². The minimum Gasteiger partial charge on any atom is -0.311 e. The van der Waals surface area contributed by atoms with E-state index in [2.05, 4.69) is 16.3 Å². The average molecular weight is 482 g/mol. The van der Waals surface area contributed by atoms with Crippen molar-refractivity contribution >= 4 is 40.0 Å². The molecule has 8 heteroatoms. The molecule has 1 aliphatic rings. The van der Waals surface area contributed by atoms with E-state index in [0.717, 1.165) is 35.3 Å². The third-order valence-corrected chi connectivity index (χ3v) is 7.40. The number of hydrogen-bond acceptors (Lipinski definition) is 5. The van der Waals surface area contributed by atoms with E-state index in [1.165, 1.54) is 17.3 Å². The Morgan fingerprint density at radius 1 is 0.943 bits per heavy atom. The van der Waals surface area contributed by atoms with E-state index < -0.39 is 0 Å². The highest BCUT2D eigenvalue weighted by atomic mass is 32.2. The van der Waals surface area contributed by atoms with E-state index >= 15 is 0 Å². The Morgan fingerprint density at radius 2 is 1.69 bits per heavy atom. The molecule has 0 fully saturated rings. The summed E-state index contributed by atoms with van der Waals surface area (Å²) in [6, 6.07) is 23.3. The number of para-hydroxylation sites is 3. The van der Waals surface area contributed by atoms with Crippen LogP contribution in [0.1, 0.15) is 17.5 Å². The minimum atomic E-state index is -0.146. The zero-order valence-corrected chi connectivity index (χ0v) is 20.0. The van der Waals surface area contributed by atoms with Crippen molar-refractivity contribution in [3.8, 4) is 5.69 Å². The fraction of sp³-hybridized carbons (Fsp3) is 0.185. The molecule has 0 aliphatic carbocycles. The van der Waals surface area contributed by atoms with Gasteiger partial charge in [-0.25, -0.2) is 4.57 Å². The Hall–Kier alpha value is -3.91. The summed E-state index contributed by atoms with van der Waals surface area (Å²) in [6.07, 6.45) is 1.94. The number of fused-ring (bicyclic) bond motifs is 4. The first-order chi connectivity index (χ1) is 17.1. The fourth-order valence-electron chi connectivity index (χ4n) is 4.80. The first-order valence-electron chi connectivity index (χ1n) is 11.6. The monoisotopic (exact) mass is 481 g/mol. The zero-order valence-electron chi connectivity index (χ0n) is 19.2. The Bertz CT molecular complexity index is 1660. The third kappa shape index (κ3) is 3.61. The molecule has 3 heterocycles. The molecule has 0 N–H and O–H groups in total. The Kier molecular flexibility index (Phi) is 5.37. The molecule has 174 valence electrons. The van der Waals surface area contributed by atoms with Crippen LogP contribution in [-0.4, -0.2) is 37.4 Å². The number of benzene rings is 3. The summed E-state index contributed by atoms with van der Waals surface area (Å²) in [6.45, 7) is 2.68. The molecule has 5 aromatic rings. The highest BCUT2D eigenvalue weighted by molar-refractivity contribution is 7.99. The van der Waals surface area contributed by atoms with Crippen molar-refractivity contribution in [2.75, 3.05) is 17.2 Å². The van der Waals surface area contributed by atoms with Crippen LogP contribution in [0.4, 0.5) is 5.69 Å². The number of hydrogen-bond donors (Lipinski definition) is 0. The fourth-order valence-corrected chi connectivity index (χ4v) is 5.62. The Morgan fingerprint density at radius 3 is 2.54 bits per heavy atom. The van der Waals surface area contributed by atoms with Crippen molar-refractivity contribution in [2.24, 2.45) is 0 Å². The SMILES string of the molecule is Cc1ccccc1-n1c(=O)c2ccccc2n2c(SCC(=O)N3CCCc4ccccc43)nnc12. The van der Waals surface area contributed by atoms with Gasteiger partial charge in [-0.1, -0.05) is 60.3 Å². The lowest BCUT2D eigenvalue weighted by Crippen LogP contribution is -2.36. The maximum atomic E-state index is 13.5. The summed E-state index contributed by atoms with van der Waals surface area (Å²) >= 11 is 1.34. The highest BCUT2D eigenvalue weighted by Crippen LogP contribution is 2.29. The lowest BCUT2D eigenvalue weighted by Gasteiger charge is -2.29. The van der Waals surface area contributed by atoms with Crippen LogP contribution < -0.4 is 10.5 Å². The molecule has 1 aliphatic heterocycles. The maximum Gasteiger partial charge on any atom is 0.267 e. The average Bonchev–Trinajstić information content (AvgIpc) is 3.32. The van der Waals surface area contributed by atoms with Crippen LogP contribution in [0.25, 0.3) is 22.4 Å². The van der Waals surface area contributed by atoms with Gasteiger partial charge in [-0.05, 0) is 55.2 Å². The number of carbonyl (C=O) groups excluding carboxylic acids is 1. The second-order valence-corrected chi connectivity index (χ2v) is 9.57. The van der Waals surface area contributed by atoms with Crippen LogP contribution in [0.2, 0.25) is 0 Å². The summed E-state index contributed by atoms with van der Waals surface area (Å²) in [5, 5.41) is 9.96. The van der Waals surface area contributed by atoms with Crippen LogP contribution in [0, 0.1) is 6.92 Å². The molecule has 0 saturated carbocycles. The summed E-state index contributed by atoms with van der Waals surface area (Å²) in [7, 11) is 0. The van der Waals surface area contributed by atoms with Gasteiger partial charge in [0.25, 0.3) is 5.56 Å². The molecular weight excluding hydrogens is 458 g/mol. The van der Waals surface area contributed by atoms with Crippen LogP contribution >= 0.6 is 11.8 Å². The molecule has 3 aromatic carbocycles. The number of anilines is 1. The van der Waals surface area contributed by atoms with Gasteiger partial charge in [-0.15, -0.1) is 10.2 Å². The standard InChI is InChI=1S/C27H23N5O2S/c1-18-9-2-5-13-21(18)31-25(34)20-12-4-7-15-23(20)32-26(31)28-29-27(32)35-17-24(33)30-16-8-11-19-10-3-6-14-22(19)30/h2-7,9-10,12-15H,8,11,16-17H2,1H3. The van der Waals surface area contributed by atoms with Gasteiger partial charge >= 0.3 is 0 Å². The van der Waals surface area contributed by atoms with E-state index in [4.69, 9.17) is 0 Å². The number of aryl methyl sites for hydroxylation is 2. The molecule has 0 unspecified atom stereocenters. The number of nitrogens with zero attached hydrogens (tertiary/aromatic N) is 5. The topological polar surface area (TPSA) is 72.5 Å². The quantitative estimate of drug-likeness (QED) is 0.356. The lowest BCUT2D eigenvalue weighted by atomic mass is 10.0. The van der Waals surface area contributed by atoms with E-state index in [1.807, 2.05) is 83.0 Å². The number of thioether (sulfide) groups is 1. The molecule has 0 atom stereocenters. The van der Waals surface area contributed by atoms with Crippen molar-refractivity contribution in [1.82, 2.24) is 19.2 Å². The van der Waals surface area contributed by atoms with E-state index in [9.17, 15) is 9.59 Å². The van der Waals surface area contributed by atoms with Gasteiger partial charge in [0, 0.05) is 12.2 Å². The Labute approximate surface area is 206 Å². The van der Waals surface area contributed by atoms with Crippen molar-refractivity contribution < 1.29 is 4.79 Å². The first-order valence-corrected chi connectivity index (χ1v) is 12.6. The van der Waals surface area contributed by atoms with Crippen LogP contribution in [0.3, 0.4) is 0 Å². The summed E-state index contributed by atoms with van der Waals surface area (Å²) < 4.78 is 3.49. The zero-order chi connectivity index (χ0) is 23.9. The molecule has 0 spiro atoms. The molecule has 2 aromatic heterocycles. The number of carbonyl (C=O) groups is 1. The van der Waals surface area contributed by atoms with Gasteiger partial charge in [0.1, 0.15) is 0 Å². The molecule has 0 radical (unpaired) electrons. The summed E-state index contributed by atoms with van der Waals surface area (Å²) in [5.74, 6) is 0.698. The van der Waals surface area contributed by atoms with Crippen molar-refractivity contribution in [1.29, 1.82) is 0 Å². The molecule has 6 rings (SSSR count). The van der Waals surface area contributed by atoms with Gasteiger partial charge < -0.3 is 4.90 Å². The van der Waals surface area contributed by atoms with Gasteiger partial charge in [-0.3, -0.25) is 14.0 Å². The van der Waals surface area contributed by atoms with E-state index in [0.29, 0.717) is 22.9 Å². The minimum absolute atomic E-state index is 0.0374. The predicted molar refractivity (Wildman–Crippen MR) is 139 cm³/mol. The number of amides is 1. The predicted octanol–water partition coefficient (Wildman–Crippen LogP) is 4.41. The maximum absolute atomic E-state index is 13.5. The molecule has 1 amide bonds. The lowest BCUT2D eigenvalue weighted by molar-refractivity contribution is -0.116. The largest absolute Gasteiger partial charge is 0.311 e. The van der Waals surface area contributed by atoms with Gasteiger partial charge in [0.2, 0.25) is 11.7 Å². The molecular formula is C27H23N5O2S. The van der Waals surface area contributed by atoms with Gasteiger partial charge in [0.05, 0.1) is 22.3 Å². The molecule has 35 heavy (non-hydrogen) atoms. The number of aromatic nitrogens is 4. The molecule has 7 nitrogen and oxygen atoms in total. The van der Waals surface area contributed by atoms with Crippen molar-refractivity contribution in [2.45, 2.75) is 24.9 Å². The smallest absolute Gasteiger partial charge is 0.267 e. The highest BCUT2D eigenvalue weighted by Gasteiger charge is 2.24. The third-order valence-electron chi connectivity index (χ3n) is 6.49. The summed E-state index contributed by atoms with van der Waals surface area (Å²) in [5.41, 5.74) is 4.50. The van der Waals surface area contributed by atoms with E-state index in [1.54, 1.807) is 4.57 Å². The number of rotatable bonds is 4. The normalized spacial score (nSPS) is 13.3. The second-order valence-electron chi connectivity index (χ2n) is 8.63. The van der Waals surface area contributed by atoms with Crippen molar-refractivity contribution in [3.05, 3.63) is 94.3 Å². The first kappa shape index (κ1) is 21.6. The van der Waals surface area contributed by atoms with Crippen molar-refractivity contribution in [3.63, 3.8) is 0 Å². The van der Waals surface area contributed by atoms with Crippen LogP contribution in [-0.2, 0) is 11.2 Å². The second kappa shape index (κ2) is 8.70. The van der Waals surface area contributed by atoms with Gasteiger partial charge in [0.15, 0.2) is 5.16 Å². The van der Waals surface area contributed by atoms with E-state index in [-0.39, 0.29) is 17.2 Å². The van der Waals surface area contributed by atoms with Crippen LogP contribution in [0.15, 0.2) is 82.7 Å². The molecule has 0 bridgehead atoms. The Balaban J connectivity index is 1.42. The molecule has 0 saturated heterocycles.